The van der Waals surface area contributed by atoms with E-state index in [1.165, 1.54) is 10.4 Å². The van der Waals surface area contributed by atoms with Gasteiger partial charge in [0.05, 0.1) is 0 Å². The van der Waals surface area contributed by atoms with Crippen LogP contribution in [0.25, 0.3) is 0 Å². The fraction of sp³-hybridized carbons (Fsp3) is 0.409. The van der Waals surface area contributed by atoms with Gasteiger partial charge >= 0.3 is 0 Å². The summed E-state index contributed by atoms with van der Waals surface area (Å²) in [6.45, 7) is 9.48. The average molecular weight is 368 g/mol. The Kier molecular flexibility index (Phi) is 5.35. The minimum atomic E-state index is -1.95. The predicted molar refractivity (Wildman–Crippen MR) is 109 cm³/mol. The monoisotopic (exact) mass is 367 g/mol. The zero-order valence-electron chi connectivity index (χ0n) is 16.2. The van der Waals surface area contributed by atoms with Crippen molar-refractivity contribution in [3.8, 4) is 0 Å². The molecule has 1 atom stereocenters. The predicted octanol–water partition coefficient (Wildman–Crippen LogP) is 2.93. The van der Waals surface area contributed by atoms with E-state index in [0.717, 1.165) is 13.0 Å². The van der Waals surface area contributed by atoms with Crippen molar-refractivity contribution in [2.45, 2.75) is 46.3 Å². The van der Waals surface area contributed by atoms with Crippen molar-refractivity contribution in [1.29, 1.82) is 0 Å². The van der Waals surface area contributed by atoms with Crippen LogP contribution in [-0.4, -0.2) is 32.1 Å². The second-order valence-electron chi connectivity index (χ2n) is 8.00. The minimum Gasteiger partial charge on any atom is -0.388 e. The van der Waals surface area contributed by atoms with Crippen molar-refractivity contribution in [1.82, 2.24) is 4.90 Å². The summed E-state index contributed by atoms with van der Waals surface area (Å²) in [6, 6.07) is 21.0. The molecule has 2 aromatic rings. The first-order valence-corrected chi connectivity index (χ1v) is 11.1. The molecule has 0 aromatic heterocycles. The summed E-state index contributed by atoms with van der Waals surface area (Å²) < 4.78 is 7.04. The van der Waals surface area contributed by atoms with Gasteiger partial charge in [0.15, 0.2) is 0 Å². The van der Waals surface area contributed by atoms with Gasteiger partial charge in [-0.3, -0.25) is 4.79 Å². The molecule has 0 bridgehead atoms. The molecule has 0 N–H and O–H groups in total. The molecular weight excluding hydrogens is 338 g/mol. The Morgan fingerprint density at radius 1 is 0.962 bits per heavy atom. The van der Waals surface area contributed by atoms with Crippen molar-refractivity contribution in [3.63, 3.8) is 0 Å². The van der Waals surface area contributed by atoms with Crippen LogP contribution >= 0.6 is 0 Å². The molecule has 3 nitrogen and oxygen atoms in total. The number of rotatable bonds is 6. The van der Waals surface area contributed by atoms with E-state index in [1.54, 1.807) is 0 Å². The Bertz CT molecular complexity index is 702. The zero-order valence-corrected chi connectivity index (χ0v) is 17.4. The van der Waals surface area contributed by atoms with Crippen LogP contribution in [0.3, 0.4) is 0 Å². The van der Waals surface area contributed by atoms with E-state index in [0.29, 0.717) is 6.42 Å². The van der Waals surface area contributed by atoms with Crippen LogP contribution < -0.4 is 10.4 Å². The number of carbonyl (C=O) groups is 1. The maximum Gasteiger partial charge on any atom is 0.243 e. The molecule has 0 radical (unpaired) electrons. The van der Waals surface area contributed by atoms with E-state index >= 15 is 0 Å². The molecule has 1 aliphatic rings. The van der Waals surface area contributed by atoms with E-state index in [1.807, 2.05) is 17.0 Å². The third-order valence-electron chi connectivity index (χ3n) is 5.45. The lowest BCUT2D eigenvalue weighted by molar-refractivity contribution is -0.197. The Morgan fingerprint density at radius 2 is 1.46 bits per heavy atom. The van der Waals surface area contributed by atoms with Crippen LogP contribution in [-0.2, 0) is 9.22 Å². The Hall–Kier alpha value is -1.91. The third-order valence-corrected chi connectivity index (χ3v) is 8.06. The maximum absolute atomic E-state index is 12.4. The highest BCUT2D eigenvalue weighted by molar-refractivity contribution is 6.80. The number of hydrogen-bond acceptors (Lipinski definition) is 2. The van der Waals surface area contributed by atoms with Gasteiger partial charge in [-0.1, -0.05) is 88.4 Å². The van der Waals surface area contributed by atoms with Gasteiger partial charge in [-0.25, -0.2) is 0 Å². The molecule has 0 spiro atoms. The van der Waals surface area contributed by atoms with Gasteiger partial charge in [-0.15, -0.1) is 0 Å². The molecule has 1 fully saturated rings. The van der Waals surface area contributed by atoms with Crippen LogP contribution in [0.15, 0.2) is 60.7 Å². The number of hydrogen-bond donors (Lipinski definition) is 0. The van der Waals surface area contributed by atoms with Gasteiger partial charge in [-0.2, -0.15) is 0 Å². The number of β-lactam (4-membered cyclic amide) rings is 1. The number of carbonyl (C=O) groups excluding carboxylic acids is 1. The van der Waals surface area contributed by atoms with Crippen LogP contribution in [0.5, 0.6) is 0 Å². The molecule has 1 unspecified atom stereocenters. The van der Waals surface area contributed by atoms with Gasteiger partial charge in [0.2, 0.25) is 14.9 Å². The molecule has 0 aliphatic carbocycles. The SMILES string of the molecule is CCC(O[SiH](c1ccccc1)c1ccccc1)(N1CCC1=O)C(C)(C)C. The van der Waals surface area contributed by atoms with E-state index in [9.17, 15) is 4.79 Å². The summed E-state index contributed by atoms with van der Waals surface area (Å²) in [5, 5.41) is 2.49. The molecule has 3 rings (SSSR count). The lowest BCUT2D eigenvalue weighted by Gasteiger charge is -2.56. The smallest absolute Gasteiger partial charge is 0.243 e. The summed E-state index contributed by atoms with van der Waals surface area (Å²) in [7, 11) is -1.95. The highest BCUT2D eigenvalue weighted by Crippen LogP contribution is 2.42. The van der Waals surface area contributed by atoms with Crippen LogP contribution in [0.4, 0.5) is 0 Å². The Labute approximate surface area is 158 Å². The summed E-state index contributed by atoms with van der Waals surface area (Å²) >= 11 is 0. The lowest BCUT2D eigenvalue weighted by atomic mass is 9.78. The second kappa shape index (κ2) is 7.37. The number of nitrogens with zero attached hydrogens (tertiary/aromatic N) is 1. The van der Waals surface area contributed by atoms with Gasteiger partial charge in [0, 0.05) is 18.4 Å². The fourth-order valence-electron chi connectivity index (χ4n) is 3.93. The fourth-order valence-corrected chi connectivity index (χ4v) is 6.76. The topological polar surface area (TPSA) is 29.5 Å². The van der Waals surface area contributed by atoms with E-state index in [2.05, 4.69) is 76.2 Å². The van der Waals surface area contributed by atoms with Crippen molar-refractivity contribution in [3.05, 3.63) is 60.7 Å². The highest BCUT2D eigenvalue weighted by atomic mass is 28.3. The van der Waals surface area contributed by atoms with E-state index in [-0.39, 0.29) is 11.3 Å². The van der Waals surface area contributed by atoms with Crippen molar-refractivity contribution < 1.29 is 9.22 Å². The number of likely N-dealkylation sites (tertiary alicyclic amines) is 1. The average Bonchev–Trinajstić information content (AvgIpc) is 2.64. The summed E-state index contributed by atoms with van der Waals surface area (Å²) in [5.74, 6) is 0.204. The minimum absolute atomic E-state index is 0.174. The molecule has 138 valence electrons. The standard InChI is InChI=1S/C22H29NO2Si/c1-5-22(21(2,3)4,23-17-16-20(23)24)25-26(18-12-8-6-9-13-18)19-14-10-7-11-15-19/h6-15,26H,5,16-17H2,1-4H3. The summed E-state index contributed by atoms with van der Waals surface area (Å²) in [4.78, 5) is 14.4. The first-order valence-electron chi connectivity index (χ1n) is 9.47. The largest absolute Gasteiger partial charge is 0.388 e. The molecule has 0 saturated carbocycles. The van der Waals surface area contributed by atoms with Gasteiger partial charge in [0.25, 0.3) is 0 Å². The molecule has 1 saturated heterocycles. The molecule has 1 aliphatic heterocycles. The molecule has 4 heteroatoms. The Balaban J connectivity index is 2.07. The second-order valence-corrected chi connectivity index (χ2v) is 10.3. The van der Waals surface area contributed by atoms with Crippen LogP contribution in [0.2, 0.25) is 0 Å². The maximum atomic E-state index is 12.4. The number of amides is 1. The highest BCUT2D eigenvalue weighted by Gasteiger charge is 2.52. The molecule has 1 amide bonds. The number of benzene rings is 2. The third kappa shape index (κ3) is 3.36. The molecular formula is C22H29NO2Si. The normalized spacial score (nSPS) is 17.1. The molecule has 2 aromatic carbocycles. The summed E-state index contributed by atoms with van der Waals surface area (Å²) in [6.07, 6.45) is 1.41. The van der Waals surface area contributed by atoms with Crippen LogP contribution in [0.1, 0.15) is 40.5 Å². The van der Waals surface area contributed by atoms with Crippen molar-refractivity contribution in [2.24, 2.45) is 5.41 Å². The van der Waals surface area contributed by atoms with Crippen LogP contribution in [0, 0.1) is 5.41 Å². The lowest BCUT2D eigenvalue weighted by Crippen LogP contribution is -2.69. The van der Waals surface area contributed by atoms with E-state index < -0.39 is 14.8 Å². The first kappa shape index (κ1) is 18.9. The van der Waals surface area contributed by atoms with Crippen molar-refractivity contribution in [2.75, 3.05) is 6.54 Å². The van der Waals surface area contributed by atoms with Crippen molar-refractivity contribution >= 4 is 25.3 Å². The first-order chi connectivity index (χ1) is 12.4. The zero-order chi connectivity index (χ0) is 18.8. The molecule has 1 heterocycles. The van der Waals surface area contributed by atoms with Gasteiger partial charge in [0.1, 0.15) is 5.72 Å². The Morgan fingerprint density at radius 3 is 1.77 bits per heavy atom. The van der Waals surface area contributed by atoms with Gasteiger partial charge < -0.3 is 9.33 Å². The summed E-state index contributed by atoms with van der Waals surface area (Å²) in [5.41, 5.74) is -0.752. The quantitative estimate of drug-likeness (QED) is 0.580. The van der Waals surface area contributed by atoms with Gasteiger partial charge in [-0.05, 0) is 16.8 Å². The van der Waals surface area contributed by atoms with E-state index in [4.69, 9.17) is 4.43 Å². The molecule has 26 heavy (non-hydrogen) atoms.